The summed E-state index contributed by atoms with van der Waals surface area (Å²) in [4.78, 5) is 0. The fourth-order valence-electron chi connectivity index (χ4n) is 1.22. The van der Waals surface area contributed by atoms with Crippen LogP contribution in [-0.2, 0) is 19.5 Å². The summed E-state index contributed by atoms with van der Waals surface area (Å²) < 4.78 is 35.6. The van der Waals surface area contributed by atoms with E-state index >= 15 is 0 Å². The van der Waals surface area contributed by atoms with Crippen molar-refractivity contribution < 1.29 is 17.9 Å². The zero-order chi connectivity index (χ0) is 12.4. The number of nitrogens with one attached hydrogen (secondary N) is 1. The predicted octanol–water partition coefficient (Wildman–Crippen LogP) is 0.742. The molecule has 0 amide bonds. The van der Waals surface area contributed by atoms with Gasteiger partial charge in [-0.15, -0.1) is 0 Å². The Morgan fingerprint density at radius 2 is 2.00 bits per heavy atom. The van der Waals surface area contributed by atoms with Crippen LogP contribution in [0.5, 0.6) is 0 Å². The lowest BCUT2D eigenvalue weighted by Crippen LogP contribution is -2.39. The third kappa shape index (κ3) is 8.46. The third-order valence-electron chi connectivity index (χ3n) is 1.93. The highest BCUT2D eigenvalue weighted by Crippen LogP contribution is 2.01. The van der Waals surface area contributed by atoms with Gasteiger partial charge in [-0.05, 0) is 12.8 Å². The summed E-state index contributed by atoms with van der Waals surface area (Å²) in [7, 11) is -0.118. The van der Waals surface area contributed by atoms with E-state index in [2.05, 4.69) is 20.7 Å². The van der Waals surface area contributed by atoms with E-state index in [9.17, 15) is 8.42 Å². The zero-order valence-electron chi connectivity index (χ0n) is 9.74. The van der Waals surface area contributed by atoms with Crippen LogP contribution in [0.2, 0.25) is 0 Å². The van der Waals surface area contributed by atoms with E-state index in [0.717, 1.165) is 5.33 Å². The van der Waals surface area contributed by atoms with Crippen molar-refractivity contribution in [2.24, 2.45) is 0 Å². The normalized spacial score (nSPS) is 13.9. The minimum Gasteiger partial charge on any atom is -0.385 e. The smallest absolute Gasteiger partial charge is 0.212 e. The SMILES string of the molecule is COCCCS(=O)(=O)NC(CCBr)COC. The molecule has 0 aromatic rings. The molecule has 0 radical (unpaired) electrons. The monoisotopic (exact) mass is 317 g/mol. The van der Waals surface area contributed by atoms with E-state index in [1.807, 2.05) is 0 Å². The first-order chi connectivity index (χ1) is 7.55. The molecule has 0 saturated carbocycles. The van der Waals surface area contributed by atoms with Crippen LogP contribution in [0.25, 0.3) is 0 Å². The second-order valence-corrected chi connectivity index (χ2v) is 6.08. The van der Waals surface area contributed by atoms with Crippen LogP contribution in [-0.4, -0.2) is 53.0 Å². The molecule has 0 aliphatic carbocycles. The van der Waals surface area contributed by atoms with Crippen molar-refractivity contribution in [3.05, 3.63) is 0 Å². The van der Waals surface area contributed by atoms with Gasteiger partial charge in [0.05, 0.1) is 12.4 Å². The minimum absolute atomic E-state index is 0.0866. The van der Waals surface area contributed by atoms with Crippen molar-refractivity contribution in [1.29, 1.82) is 0 Å². The average Bonchev–Trinajstić information content (AvgIpc) is 2.18. The van der Waals surface area contributed by atoms with E-state index in [0.29, 0.717) is 26.1 Å². The molecule has 0 aliphatic rings. The molecular formula is C9H20BrNO4S. The first-order valence-corrected chi connectivity index (χ1v) is 7.87. The highest BCUT2D eigenvalue weighted by Gasteiger charge is 2.16. The van der Waals surface area contributed by atoms with Gasteiger partial charge in [-0.25, -0.2) is 13.1 Å². The van der Waals surface area contributed by atoms with Crippen LogP contribution in [0.4, 0.5) is 0 Å². The van der Waals surface area contributed by atoms with Crippen LogP contribution >= 0.6 is 15.9 Å². The topological polar surface area (TPSA) is 64.6 Å². The molecule has 0 saturated heterocycles. The van der Waals surface area contributed by atoms with Gasteiger partial charge in [-0.3, -0.25) is 0 Å². The molecule has 5 nitrogen and oxygen atoms in total. The molecule has 98 valence electrons. The first kappa shape index (κ1) is 16.3. The number of ether oxygens (including phenoxy) is 2. The molecule has 0 rings (SSSR count). The molecular weight excluding hydrogens is 298 g/mol. The van der Waals surface area contributed by atoms with Crippen molar-refractivity contribution in [3.8, 4) is 0 Å². The summed E-state index contributed by atoms with van der Waals surface area (Å²) in [6, 6.07) is -0.170. The highest BCUT2D eigenvalue weighted by atomic mass is 79.9. The largest absolute Gasteiger partial charge is 0.385 e. The number of hydrogen-bond donors (Lipinski definition) is 1. The molecule has 0 heterocycles. The second-order valence-electron chi connectivity index (χ2n) is 3.41. The van der Waals surface area contributed by atoms with Gasteiger partial charge >= 0.3 is 0 Å². The van der Waals surface area contributed by atoms with E-state index in [-0.39, 0.29) is 11.8 Å². The van der Waals surface area contributed by atoms with E-state index in [1.165, 1.54) is 0 Å². The number of alkyl halides is 1. The molecule has 7 heteroatoms. The van der Waals surface area contributed by atoms with Gasteiger partial charge in [0.1, 0.15) is 0 Å². The Morgan fingerprint density at radius 3 is 2.50 bits per heavy atom. The van der Waals surface area contributed by atoms with Crippen molar-refractivity contribution in [2.75, 3.05) is 38.5 Å². The van der Waals surface area contributed by atoms with Gasteiger partial charge in [0.15, 0.2) is 0 Å². The van der Waals surface area contributed by atoms with Crippen LogP contribution in [0.3, 0.4) is 0 Å². The number of rotatable bonds is 10. The molecule has 0 aromatic heterocycles. The number of methoxy groups -OCH3 is 2. The fourth-order valence-corrected chi connectivity index (χ4v) is 3.08. The maximum Gasteiger partial charge on any atom is 0.212 e. The van der Waals surface area contributed by atoms with Crippen molar-refractivity contribution in [3.63, 3.8) is 0 Å². The Balaban J connectivity index is 4.08. The maximum atomic E-state index is 11.6. The second kappa shape index (κ2) is 9.35. The molecule has 0 aliphatic heterocycles. The lowest BCUT2D eigenvalue weighted by atomic mass is 10.3. The summed E-state index contributed by atoms with van der Waals surface area (Å²) in [5.74, 6) is 0.0866. The Bertz CT molecular complexity index is 252. The highest BCUT2D eigenvalue weighted by molar-refractivity contribution is 9.09. The molecule has 0 spiro atoms. The molecule has 1 atom stereocenters. The lowest BCUT2D eigenvalue weighted by molar-refractivity contribution is 0.173. The van der Waals surface area contributed by atoms with Gasteiger partial charge in [0.2, 0.25) is 10.0 Å². The summed E-state index contributed by atoms with van der Waals surface area (Å²) in [5, 5.41) is 0.738. The standard InChI is InChI=1S/C9H20BrNO4S/c1-14-6-3-7-16(12,13)11-9(4-5-10)8-15-2/h9,11H,3-8H2,1-2H3. The quantitative estimate of drug-likeness (QED) is 0.477. The van der Waals surface area contributed by atoms with Crippen molar-refractivity contribution >= 4 is 26.0 Å². The van der Waals surface area contributed by atoms with Gasteiger partial charge in [0, 0.05) is 32.2 Å². The third-order valence-corrected chi connectivity index (χ3v) is 3.91. The summed E-state index contributed by atoms with van der Waals surface area (Å²) in [6.07, 6.45) is 1.21. The fraction of sp³-hybridized carbons (Fsp3) is 1.00. The van der Waals surface area contributed by atoms with Crippen molar-refractivity contribution in [2.45, 2.75) is 18.9 Å². The van der Waals surface area contributed by atoms with E-state index in [1.54, 1.807) is 14.2 Å². The summed E-state index contributed by atoms with van der Waals surface area (Å²) in [6.45, 7) is 0.837. The van der Waals surface area contributed by atoms with Gasteiger partial charge in [-0.2, -0.15) is 0 Å². The van der Waals surface area contributed by atoms with Gasteiger partial charge in [-0.1, -0.05) is 15.9 Å². The zero-order valence-corrected chi connectivity index (χ0v) is 12.1. The molecule has 0 bridgehead atoms. The number of hydrogen-bond acceptors (Lipinski definition) is 4. The average molecular weight is 318 g/mol. The van der Waals surface area contributed by atoms with Crippen molar-refractivity contribution in [1.82, 2.24) is 4.72 Å². The molecule has 1 unspecified atom stereocenters. The predicted molar refractivity (Wildman–Crippen MR) is 67.5 cm³/mol. The van der Waals surface area contributed by atoms with Crippen LogP contribution in [0.15, 0.2) is 0 Å². The summed E-state index contributed by atoms with van der Waals surface area (Å²) >= 11 is 3.28. The Morgan fingerprint density at radius 1 is 1.31 bits per heavy atom. The maximum absolute atomic E-state index is 11.6. The Hall–Kier alpha value is 0.310. The first-order valence-electron chi connectivity index (χ1n) is 5.09. The molecule has 0 fully saturated rings. The number of sulfonamides is 1. The van der Waals surface area contributed by atoms with Crippen LogP contribution in [0, 0.1) is 0 Å². The number of halogens is 1. The van der Waals surface area contributed by atoms with E-state index < -0.39 is 10.0 Å². The lowest BCUT2D eigenvalue weighted by Gasteiger charge is -2.16. The van der Waals surface area contributed by atoms with Gasteiger partial charge in [0.25, 0.3) is 0 Å². The Kier molecular flexibility index (Phi) is 9.53. The van der Waals surface area contributed by atoms with E-state index in [4.69, 9.17) is 9.47 Å². The molecule has 16 heavy (non-hydrogen) atoms. The summed E-state index contributed by atoms with van der Waals surface area (Å²) in [5.41, 5.74) is 0. The van der Waals surface area contributed by atoms with Crippen LogP contribution < -0.4 is 4.72 Å². The van der Waals surface area contributed by atoms with Gasteiger partial charge < -0.3 is 9.47 Å². The minimum atomic E-state index is -3.23. The molecule has 1 N–H and O–H groups in total. The molecule has 0 aromatic carbocycles. The van der Waals surface area contributed by atoms with Crippen LogP contribution in [0.1, 0.15) is 12.8 Å². The Labute approximate surface area is 106 Å².